The van der Waals surface area contributed by atoms with Crippen molar-refractivity contribution < 1.29 is 9.53 Å². The van der Waals surface area contributed by atoms with Gasteiger partial charge in [-0.3, -0.25) is 4.79 Å². The van der Waals surface area contributed by atoms with Crippen molar-refractivity contribution in [2.45, 2.75) is 37.8 Å². The molecule has 1 amide bonds. The van der Waals surface area contributed by atoms with Gasteiger partial charge in [0.15, 0.2) is 5.82 Å². The zero-order valence-corrected chi connectivity index (χ0v) is 21.6. The third-order valence-electron chi connectivity index (χ3n) is 7.81. The number of carbonyl (C=O) groups excluding carboxylic acids is 1. The van der Waals surface area contributed by atoms with E-state index in [2.05, 4.69) is 43.8 Å². The van der Waals surface area contributed by atoms with Crippen LogP contribution in [0.15, 0.2) is 85.3 Å². The molecule has 3 aromatic heterocycles. The number of ether oxygens (including phenoxy) is 1. The van der Waals surface area contributed by atoms with Gasteiger partial charge in [-0.2, -0.15) is 5.10 Å². The van der Waals surface area contributed by atoms with Gasteiger partial charge in [-0.1, -0.05) is 30.3 Å². The number of nitrogens with zero attached hydrogens (tertiary/aromatic N) is 5. The molecule has 4 heterocycles. The maximum Gasteiger partial charge on any atom is 0.254 e. The van der Waals surface area contributed by atoms with Gasteiger partial charge in [0.05, 0.1) is 11.4 Å². The highest BCUT2D eigenvalue weighted by molar-refractivity contribution is 5.97. The van der Waals surface area contributed by atoms with Crippen LogP contribution in [0.4, 0.5) is 5.82 Å². The van der Waals surface area contributed by atoms with Crippen LogP contribution in [0.25, 0.3) is 33.7 Å². The SMILES string of the molecule is Nc1ncnn2c(-c3cccc(C(=O)N(C4CCOCC4)C4CC4)c3)cc(-c3cccn3-c3ccccc3)c12. The fourth-order valence-corrected chi connectivity index (χ4v) is 5.79. The lowest BCUT2D eigenvalue weighted by atomic mass is 10.0. The third kappa shape index (κ3) is 4.27. The molecule has 0 unspecified atom stereocenters. The van der Waals surface area contributed by atoms with Crippen LogP contribution in [0, 0.1) is 0 Å². The molecule has 2 aromatic carbocycles. The Morgan fingerprint density at radius 1 is 0.897 bits per heavy atom. The summed E-state index contributed by atoms with van der Waals surface area (Å²) in [6.45, 7) is 1.43. The monoisotopic (exact) mass is 518 g/mol. The van der Waals surface area contributed by atoms with E-state index < -0.39 is 0 Å². The van der Waals surface area contributed by atoms with Crippen LogP contribution in [0.1, 0.15) is 36.0 Å². The summed E-state index contributed by atoms with van der Waals surface area (Å²) >= 11 is 0. The molecule has 196 valence electrons. The van der Waals surface area contributed by atoms with Crippen LogP contribution in [-0.4, -0.2) is 55.3 Å². The maximum atomic E-state index is 13.8. The number of benzene rings is 2. The fraction of sp³-hybridized carbons (Fsp3) is 0.258. The van der Waals surface area contributed by atoms with E-state index in [1.807, 2.05) is 59.2 Å². The molecule has 8 heteroatoms. The Balaban J connectivity index is 1.32. The van der Waals surface area contributed by atoms with Crippen molar-refractivity contribution in [3.8, 4) is 28.2 Å². The Bertz CT molecular complexity index is 1650. The van der Waals surface area contributed by atoms with Gasteiger partial charge < -0.3 is 19.9 Å². The summed E-state index contributed by atoms with van der Waals surface area (Å²) in [6, 6.07) is 24.8. The van der Waals surface area contributed by atoms with E-state index in [0.717, 1.165) is 59.4 Å². The van der Waals surface area contributed by atoms with Crippen molar-refractivity contribution in [2.75, 3.05) is 18.9 Å². The number of hydrogen-bond acceptors (Lipinski definition) is 5. The van der Waals surface area contributed by atoms with Crippen molar-refractivity contribution in [3.63, 3.8) is 0 Å². The Kier molecular flexibility index (Phi) is 5.89. The minimum atomic E-state index is 0.0967. The third-order valence-corrected chi connectivity index (χ3v) is 7.81. The second-order valence-electron chi connectivity index (χ2n) is 10.3. The predicted molar refractivity (Wildman–Crippen MR) is 151 cm³/mol. The van der Waals surface area contributed by atoms with Crippen LogP contribution in [0.5, 0.6) is 0 Å². The number of carbonyl (C=O) groups is 1. The minimum absolute atomic E-state index is 0.0967. The second-order valence-corrected chi connectivity index (χ2v) is 10.3. The fourth-order valence-electron chi connectivity index (χ4n) is 5.79. The molecule has 2 aliphatic rings. The Morgan fingerprint density at radius 3 is 2.49 bits per heavy atom. The first kappa shape index (κ1) is 23.7. The summed E-state index contributed by atoms with van der Waals surface area (Å²) in [5, 5.41) is 4.58. The lowest BCUT2D eigenvalue weighted by Crippen LogP contribution is -2.44. The maximum absolute atomic E-state index is 13.8. The van der Waals surface area contributed by atoms with Gasteiger partial charge in [0, 0.05) is 53.9 Å². The van der Waals surface area contributed by atoms with Gasteiger partial charge in [0.25, 0.3) is 5.91 Å². The number of anilines is 1. The quantitative estimate of drug-likeness (QED) is 0.333. The van der Waals surface area contributed by atoms with E-state index in [-0.39, 0.29) is 11.9 Å². The highest BCUT2D eigenvalue weighted by atomic mass is 16.5. The molecule has 1 saturated heterocycles. The van der Waals surface area contributed by atoms with Crippen molar-refractivity contribution in [3.05, 3.63) is 90.9 Å². The van der Waals surface area contributed by atoms with Crippen LogP contribution >= 0.6 is 0 Å². The van der Waals surface area contributed by atoms with Gasteiger partial charge in [0.2, 0.25) is 0 Å². The standard InChI is InChI=1S/C31H30N6O2/c32-30-29-26(27-10-5-15-35(27)23-8-2-1-3-9-23)19-28(37(29)34-20-33-30)21-6-4-7-22(18-21)31(38)36(24-11-12-24)25-13-16-39-17-14-25/h1-10,15,18-20,24-25H,11-14,16-17H2,(H2,32,33,34). The normalized spacial score (nSPS) is 16.0. The number of nitrogens with two attached hydrogens (primary N) is 1. The van der Waals surface area contributed by atoms with Crippen LogP contribution in [0.2, 0.25) is 0 Å². The zero-order chi connectivity index (χ0) is 26.3. The molecular weight excluding hydrogens is 488 g/mol. The first-order valence-electron chi connectivity index (χ1n) is 13.6. The largest absolute Gasteiger partial charge is 0.382 e. The summed E-state index contributed by atoms with van der Waals surface area (Å²) in [4.78, 5) is 20.3. The van der Waals surface area contributed by atoms with E-state index in [1.54, 1.807) is 0 Å². The lowest BCUT2D eigenvalue weighted by Gasteiger charge is -2.34. The highest BCUT2D eigenvalue weighted by Gasteiger charge is 2.38. The number of rotatable bonds is 6. The molecule has 2 fully saturated rings. The lowest BCUT2D eigenvalue weighted by molar-refractivity contribution is 0.0267. The molecule has 1 aliphatic heterocycles. The summed E-state index contributed by atoms with van der Waals surface area (Å²) in [6.07, 6.45) is 7.45. The predicted octanol–water partition coefficient (Wildman–Crippen LogP) is 5.22. The van der Waals surface area contributed by atoms with E-state index in [4.69, 9.17) is 10.5 Å². The van der Waals surface area contributed by atoms with Gasteiger partial charge in [-0.05, 0) is 68.1 Å². The van der Waals surface area contributed by atoms with Gasteiger partial charge >= 0.3 is 0 Å². The first-order valence-corrected chi connectivity index (χ1v) is 13.6. The average molecular weight is 519 g/mol. The molecule has 0 radical (unpaired) electrons. The number of fused-ring (bicyclic) bond motifs is 1. The average Bonchev–Trinajstić information content (AvgIpc) is 3.54. The molecule has 2 N–H and O–H groups in total. The molecule has 0 atom stereocenters. The molecular formula is C31H30N6O2. The van der Waals surface area contributed by atoms with Crippen molar-refractivity contribution in [1.82, 2.24) is 24.1 Å². The zero-order valence-electron chi connectivity index (χ0n) is 21.6. The molecule has 1 saturated carbocycles. The van der Waals surface area contributed by atoms with Crippen LogP contribution in [0.3, 0.4) is 0 Å². The Morgan fingerprint density at radius 2 is 1.69 bits per heavy atom. The van der Waals surface area contributed by atoms with E-state index in [0.29, 0.717) is 30.6 Å². The minimum Gasteiger partial charge on any atom is -0.382 e. The molecule has 0 bridgehead atoms. The number of hydrogen-bond donors (Lipinski definition) is 1. The van der Waals surface area contributed by atoms with Crippen molar-refractivity contribution in [1.29, 1.82) is 0 Å². The van der Waals surface area contributed by atoms with E-state index >= 15 is 0 Å². The molecule has 7 rings (SSSR count). The smallest absolute Gasteiger partial charge is 0.254 e. The molecule has 5 aromatic rings. The van der Waals surface area contributed by atoms with Crippen molar-refractivity contribution in [2.24, 2.45) is 0 Å². The number of nitrogen functional groups attached to an aromatic ring is 1. The van der Waals surface area contributed by atoms with Gasteiger partial charge in [0.1, 0.15) is 11.8 Å². The van der Waals surface area contributed by atoms with Gasteiger partial charge in [-0.15, -0.1) is 0 Å². The van der Waals surface area contributed by atoms with Crippen molar-refractivity contribution >= 4 is 17.2 Å². The molecule has 39 heavy (non-hydrogen) atoms. The first-order chi connectivity index (χ1) is 19.2. The topological polar surface area (TPSA) is 90.7 Å². The molecule has 0 spiro atoms. The summed E-state index contributed by atoms with van der Waals surface area (Å²) in [5.41, 5.74) is 12.6. The highest BCUT2D eigenvalue weighted by Crippen LogP contribution is 2.37. The van der Waals surface area contributed by atoms with Crippen LogP contribution < -0.4 is 5.73 Å². The summed E-state index contributed by atoms with van der Waals surface area (Å²) in [5.74, 6) is 0.498. The Labute approximate surface area is 226 Å². The number of aromatic nitrogens is 4. The number of amides is 1. The van der Waals surface area contributed by atoms with E-state index in [9.17, 15) is 4.79 Å². The Hall–Kier alpha value is -4.43. The summed E-state index contributed by atoms with van der Waals surface area (Å²) < 4.78 is 9.53. The van der Waals surface area contributed by atoms with E-state index in [1.165, 1.54) is 6.33 Å². The number of para-hydroxylation sites is 1. The van der Waals surface area contributed by atoms with Gasteiger partial charge in [-0.25, -0.2) is 9.50 Å². The second kappa shape index (κ2) is 9.71. The molecule has 8 nitrogen and oxygen atoms in total. The summed E-state index contributed by atoms with van der Waals surface area (Å²) in [7, 11) is 0. The molecule has 1 aliphatic carbocycles. The van der Waals surface area contributed by atoms with Crippen LogP contribution in [-0.2, 0) is 4.74 Å².